The zero-order chi connectivity index (χ0) is 19.3. The fourth-order valence-electron chi connectivity index (χ4n) is 2.57. The standard InChI is InChI=1S/C20H23Cl2N3O/c1-13(2)25(14(3)4)12-23-18-11-6-5-8-15(18)20(26)24-19-16(21)9-7-10-17(19)22/h5-14H,1-4H3,(H,24,26). The molecule has 2 aromatic rings. The maximum atomic E-state index is 12.7. The van der Waals surface area contributed by atoms with Crippen molar-refractivity contribution in [2.75, 3.05) is 5.32 Å². The number of nitrogens with zero attached hydrogens (tertiary/aromatic N) is 2. The van der Waals surface area contributed by atoms with Crippen LogP contribution in [0.15, 0.2) is 47.5 Å². The Morgan fingerprint density at radius 3 is 2.15 bits per heavy atom. The molecule has 0 atom stereocenters. The number of para-hydroxylation sites is 2. The van der Waals surface area contributed by atoms with Gasteiger partial charge in [-0.25, -0.2) is 4.99 Å². The zero-order valence-corrected chi connectivity index (χ0v) is 16.8. The van der Waals surface area contributed by atoms with Crippen LogP contribution in [0, 0.1) is 0 Å². The van der Waals surface area contributed by atoms with Gasteiger partial charge in [0, 0.05) is 12.1 Å². The van der Waals surface area contributed by atoms with E-state index in [2.05, 4.69) is 42.9 Å². The first-order valence-electron chi connectivity index (χ1n) is 8.47. The Morgan fingerprint density at radius 2 is 1.58 bits per heavy atom. The number of nitrogens with one attached hydrogen (secondary N) is 1. The maximum absolute atomic E-state index is 12.7. The van der Waals surface area contributed by atoms with Crippen LogP contribution in [0.3, 0.4) is 0 Å². The number of rotatable bonds is 6. The number of anilines is 1. The third-order valence-corrected chi connectivity index (χ3v) is 4.50. The number of aliphatic imine (C=N–C) groups is 1. The van der Waals surface area contributed by atoms with Crippen LogP contribution < -0.4 is 5.32 Å². The molecule has 0 heterocycles. The van der Waals surface area contributed by atoms with Crippen LogP contribution in [0.25, 0.3) is 0 Å². The van der Waals surface area contributed by atoms with E-state index in [-0.39, 0.29) is 5.91 Å². The van der Waals surface area contributed by atoms with Gasteiger partial charge in [0.25, 0.3) is 5.91 Å². The molecule has 26 heavy (non-hydrogen) atoms. The van der Waals surface area contributed by atoms with Crippen LogP contribution in [0.4, 0.5) is 11.4 Å². The number of halogens is 2. The molecule has 0 aromatic heterocycles. The molecule has 0 spiro atoms. The van der Waals surface area contributed by atoms with Gasteiger partial charge in [0.15, 0.2) is 0 Å². The largest absolute Gasteiger partial charge is 0.358 e. The summed E-state index contributed by atoms with van der Waals surface area (Å²) in [6.45, 7) is 8.40. The van der Waals surface area contributed by atoms with Crippen molar-refractivity contribution in [1.29, 1.82) is 0 Å². The molecule has 0 saturated heterocycles. The van der Waals surface area contributed by atoms with Crippen LogP contribution in [-0.2, 0) is 0 Å². The summed E-state index contributed by atoms with van der Waals surface area (Å²) in [5.41, 5.74) is 1.43. The van der Waals surface area contributed by atoms with Crippen molar-refractivity contribution in [3.63, 3.8) is 0 Å². The minimum absolute atomic E-state index is 0.307. The highest BCUT2D eigenvalue weighted by Gasteiger charge is 2.15. The Balaban J connectivity index is 2.30. The first kappa shape index (κ1) is 20.3. The Kier molecular flexibility index (Phi) is 7.06. The summed E-state index contributed by atoms with van der Waals surface area (Å²) in [4.78, 5) is 19.4. The average molecular weight is 392 g/mol. The number of carbonyl (C=O) groups is 1. The van der Waals surface area contributed by atoms with Gasteiger partial charge in [-0.3, -0.25) is 4.79 Å². The van der Waals surface area contributed by atoms with E-state index in [4.69, 9.17) is 23.2 Å². The maximum Gasteiger partial charge on any atom is 0.257 e. The molecular formula is C20H23Cl2N3O. The monoisotopic (exact) mass is 391 g/mol. The summed E-state index contributed by atoms with van der Waals surface area (Å²) in [5, 5.41) is 3.55. The van der Waals surface area contributed by atoms with Gasteiger partial charge in [-0.05, 0) is 52.0 Å². The molecule has 1 amide bonds. The zero-order valence-electron chi connectivity index (χ0n) is 15.3. The summed E-state index contributed by atoms with van der Waals surface area (Å²) < 4.78 is 0. The molecule has 2 aromatic carbocycles. The summed E-state index contributed by atoms with van der Waals surface area (Å²) in [5.74, 6) is -0.312. The van der Waals surface area contributed by atoms with Gasteiger partial charge in [0.05, 0.1) is 33.3 Å². The second kappa shape index (κ2) is 9.06. The van der Waals surface area contributed by atoms with Crippen LogP contribution in [0.5, 0.6) is 0 Å². The summed E-state index contributed by atoms with van der Waals surface area (Å²) >= 11 is 12.3. The Labute approximate surface area is 164 Å². The lowest BCUT2D eigenvalue weighted by atomic mass is 10.1. The second-order valence-corrected chi connectivity index (χ2v) is 7.26. The van der Waals surface area contributed by atoms with Gasteiger partial charge in [0.2, 0.25) is 0 Å². The first-order valence-corrected chi connectivity index (χ1v) is 9.23. The van der Waals surface area contributed by atoms with Gasteiger partial charge < -0.3 is 10.2 Å². The smallest absolute Gasteiger partial charge is 0.257 e. The Morgan fingerprint density at radius 1 is 1.00 bits per heavy atom. The molecule has 138 valence electrons. The van der Waals surface area contributed by atoms with Crippen molar-refractivity contribution in [1.82, 2.24) is 4.90 Å². The van der Waals surface area contributed by atoms with Crippen LogP contribution >= 0.6 is 23.2 Å². The molecule has 0 unspecified atom stereocenters. The van der Waals surface area contributed by atoms with Gasteiger partial charge in [-0.1, -0.05) is 41.4 Å². The fraction of sp³-hybridized carbons (Fsp3) is 0.300. The number of benzene rings is 2. The third-order valence-electron chi connectivity index (χ3n) is 3.87. The van der Waals surface area contributed by atoms with E-state index in [0.29, 0.717) is 39.1 Å². The van der Waals surface area contributed by atoms with Gasteiger partial charge in [-0.2, -0.15) is 0 Å². The predicted octanol–water partition coefficient (Wildman–Crippen LogP) is 6.02. The third kappa shape index (κ3) is 4.99. The molecular weight excluding hydrogens is 369 g/mol. The van der Waals surface area contributed by atoms with Crippen molar-refractivity contribution in [3.05, 3.63) is 58.1 Å². The van der Waals surface area contributed by atoms with Crippen LogP contribution in [0.2, 0.25) is 10.0 Å². The minimum Gasteiger partial charge on any atom is -0.358 e. The fourth-order valence-corrected chi connectivity index (χ4v) is 3.06. The van der Waals surface area contributed by atoms with Crippen molar-refractivity contribution >= 4 is 46.8 Å². The second-order valence-electron chi connectivity index (χ2n) is 6.45. The molecule has 0 aliphatic rings. The predicted molar refractivity (Wildman–Crippen MR) is 111 cm³/mol. The molecule has 0 radical (unpaired) electrons. The van der Waals surface area contributed by atoms with Crippen molar-refractivity contribution < 1.29 is 4.79 Å². The lowest BCUT2D eigenvalue weighted by molar-refractivity contribution is 0.102. The quantitative estimate of drug-likeness (QED) is 0.482. The van der Waals surface area contributed by atoms with Gasteiger partial charge >= 0.3 is 0 Å². The average Bonchev–Trinajstić information content (AvgIpc) is 2.58. The van der Waals surface area contributed by atoms with Gasteiger partial charge in [0.1, 0.15) is 0 Å². The van der Waals surface area contributed by atoms with Crippen molar-refractivity contribution in [2.24, 2.45) is 4.99 Å². The lowest BCUT2D eigenvalue weighted by Gasteiger charge is -2.28. The molecule has 4 nitrogen and oxygen atoms in total. The summed E-state index contributed by atoms with van der Waals surface area (Å²) in [6, 6.07) is 12.9. The molecule has 0 aliphatic heterocycles. The van der Waals surface area contributed by atoms with Crippen molar-refractivity contribution in [3.8, 4) is 0 Å². The van der Waals surface area contributed by atoms with Crippen molar-refractivity contribution in [2.45, 2.75) is 39.8 Å². The van der Waals surface area contributed by atoms with E-state index in [1.165, 1.54) is 0 Å². The number of hydrogen-bond acceptors (Lipinski definition) is 2. The highest BCUT2D eigenvalue weighted by molar-refractivity contribution is 6.40. The minimum atomic E-state index is -0.312. The molecule has 2 rings (SSSR count). The van der Waals surface area contributed by atoms with E-state index in [9.17, 15) is 4.79 Å². The van der Waals surface area contributed by atoms with E-state index in [0.717, 1.165) is 0 Å². The van der Waals surface area contributed by atoms with Crippen LogP contribution in [-0.4, -0.2) is 29.2 Å². The normalized spacial score (nSPS) is 11.4. The van der Waals surface area contributed by atoms with E-state index in [1.807, 2.05) is 6.07 Å². The highest BCUT2D eigenvalue weighted by Crippen LogP contribution is 2.31. The van der Waals surface area contributed by atoms with E-state index < -0.39 is 0 Å². The molecule has 0 saturated carbocycles. The molecule has 0 aliphatic carbocycles. The molecule has 0 bridgehead atoms. The highest BCUT2D eigenvalue weighted by atomic mass is 35.5. The van der Waals surface area contributed by atoms with E-state index >= 15 is 0 Å². The lowest BCUT2D eigenvalue weighted by Crippen LogP contribution is -2.35. The SMILES string of the molecule is CC(C)N(C=Nc1ccccc1C(=O)Nc1c(Cl)cccc1Cl)C(C)C. The topological polar surface area (TPSA) is 44.7 Å². The first-order chi connectivity index (χ1) is 12.3. The Hall–Kier alpha value is -2.04. The number of amides is 1. The number of hydrogen-bond donors (Lipinski definition) is 1. The van der Waals surface area contributed by atoms with E-state index in [1.54, 1.807) is 42.7 Å². The number of carbonyl (C=O) groups excluding carboxylic acids is 1. The molecule has 0 fully saturated rings. The molecule has 1 N–H and O–H groups in total. The molecule has 6 heteroatoms. The summed E-state index contributed by atoms with van der Waals surface area (Å²) in [6.07, 6.45) is 1.78. The van der Waals surface area contributed by atoms with Crippen LogP contribution in [0.1, 0.15) is 38.1 Å². The Bertz CT molecular complexity index is 775. The van der Waals surface area contributed by atoms with Gasteiger partial charge in [-0.15, -0.1) is 0 Å². The summed E-state index contributed by atoms with van der Waals surface area (Å²) in [7, 11) is 0.